The lowest BCUT2D eigenvalue weighted by molar-refractivity contribution is -0.0478. The number of likely N-dealkylation sites (tertiary alicyclic amines) is 1. The minimum absolute atomic E-state index is 0.101. The first-order chi connectivity index (χ1) is 11.1. The number of aromatic nitrogens is 2. The molecule has 3 rings (SSSR count). The molecule has 1 saturated heterocycles. The van der Waals surface area contributed by atoms with E-state index in [2.05, 4.69) is 12.0 Å². The van der Waals surface area contributed by atoms with Gasteiger partial charge in [-0.25, -0.2) is 0 Å². The number of nitrogens with zero attached hydrogens (tertiary/aromatic N) is 3. The van der Waals surface area contributed by atoms with Crippen molar-refractivity contribution >= 4 is 5.69 Å². The monoisotopic (exact) mass is 316 g/mol. The molecule has 0 radical (unpaired) electrons. The number of aliphatic hydroxyl groups is 1. The van der Waals surface area contributed by atoms with Gasteiger partial charge >= 0.3 is 0 Å². The lowest BCUT2D eigenvalue weighted by Gasteiger charge is -2.35. The van der Waals surface area contributed by atoms with Crippen LogP contribution in [0, 0.1) is 6.92 Å². The minimum Gasteiger partial charge on any atom is -0.489 e. The maximum atomic E-state index is 10.4. The van der Waals surface area contributed by atoms with Crippen molar-refractivity contribution < 1.29 is 9.84 Å². The van der Waals surface area contributed by atoms with Crippen LogP contribution in [0.5, 0.6) is 5.75 Å². The summed E-state index contributed by atoms with van der Waals surface area (Å²) < 4.78 is 7.72. The van der Waals surface area contributed by atoms with E-state index in [1.807, 2.05) is 29.2 Å². The van der Waals surface area contributed by atoms with Crippen molar-refractivity contribution in [1.29, 1.82) is 0 Å². The summed E-state index contributed by atoms with van der Waals surface area (Å²) in [6.45, 7) is 4.05. The van der Waals surface area contributed by atoms with Gasteiger partial charge in [-0.15, -0.1) is 0 Å². The summed E-state index contributed by atoms with van der Waals surface area (Å²) in [5.41, 5.74) is 7.48. The molecule has 0 bridgehead atoms. The van der Waals surface area contributed by atoms with Crippen molar-refractivity contribution in [3.63, 3.8) is 0 Å². The SMILES string of the molecule is Cc1ccc(OC2CCCN(C(O)Cn3cc(N)cn3)C2)cc1. The zero-order chi connectivity index (χ0) is 16.2. The summed E-state index contributed by atoms with van der Waals surface area (Å²) in [4.78, 5) is 2.04. The van der Waals surface area contributed by atoms with E-state index in [0.717, 1.165) is 25.1 Å². The Morgan fingerprint density at radius 2 is 2.17 bits per heavy atom. The van der Waals surface area contributed by atoms with Gasteiger partial charge in [0, 0.05) is 19.3 Å². The number of nitrogens with two attached hydrogens (primary N) is 1. The molecule has 1 fully saturated rings. The van der Waals surface area contributed by atoms with E-state index in [1.165, 1.54) is 5.56 Å². The molecule has 2 unspecified atom stereocenters. The van der Waals surface area contributed by atoms with Crippen molar-refractivity contribution in [2.45, 2.75) is 38.6 Å². The second-order valence-electron chi connectivity index (χ2n) is 6.17. The number of nitrogen functional groups attached to an aromatic ring is 1. The van der Waals surface area contributed by atoms with Crippen molar-refractivity contribution in [2.24, 2.45) is 0 Å². The molecule has 3 N–H and O–H groups in total. The molecule has 124 valence electrons. The maximum absolute atomic E-state index is 10.4. The lowest BCUT2D eigenvalue weighted by atomic mass is 10.1. The van der Waals surface area contributed by atoms with Gasteiger partial charge in [0.25, 0.3) is 0 Å². The highest BCUT2D eigenvalue weighted by molar-refractivity contribution is 5.30. The second-order valence-corrected chi connectivity index (χ2v) is 6.17. The Balaban J connectivity index is 1.55. The summed E-state index contributed by atoms with van der Waals surface area (Å²) in [6, 6.07) is 8.09. The third-order valence-corrected chi connectivity index (χ3v) is 4.16. The van der Waals surface area contributed by atoms with Gasteiger partial charge < -0.3 is 15.6 Å². The van der Waals surface area contributed by atoms with Crippen LogP contribution in [0.15, 0.2) is 36.7 Å². The fraction of sp³-hybridized carbons (Fsp3) is 0.471. The van der Waals surface area contributed by atoms with Crippen molar-refractivity contribution in [1.82, 2.24) is 14.7 Å². The Morgan fingerprint density at radius 1 is 1.39 bits per heavy atom. The topological polar surface area (TPSA) is 76.5 Å². The number of anilines is 1. The van der Waals surface area contributed by atoms with Gasteiger partial charge in [-0.3, -0.25) is 9.58 Å². The van der Waals surface area contributed by atoms with E-state index in [4.69, 9.17) is 10.5 Å². The van der Waals surface area contributed by atoms with Crippen LogP contribution in [0.2, 0.25) is 0 Å². The first kappa shape index (κ1) is 15.8. The maximum Gasteiger partial charge on any atom is 0.127 e. The van der Waals surface area contributed by atoms with Crippen LogP contribution in [0.3, 0.4) is 0 Å². The molecule has 0 saturated carbocycles. The summed E-state index contributed by atoms with van der Waals surface area (Å²) in [7, 11) is 0. The van der Waals surface area contributed by atoms with E-state index in [9.17, 15) is 5.11 Å². The highest BCUT2D eigenvalue weighted by atomic mass is 16.5. The van der Waals surface area contributed by atoms with E-state index in [-0.39, 0.29) is 6.10 Å². The van der Waals surface area contributed by atoms with E-state index in [1.54, 1.807) is 17.1 Å². The van der Waals surface area contributed by atoms with Crippen molar-refractivity contribution in [3.05, 3.63) is 42.2 Å². The van der Waals surface area contributed by atoms with Crippen LogP contribution >= 0.6 is 0 Å². The number of hydrogen-bond acceptors (Lipinski definition) is 5. The average Bonchev–Trinajstić information content (AvgIpc) is 2.95. The molecule has 0 aliphatic carbocycles. The zero-order valence-corrected chi connectivity index (χ0v) is 13.4. The molecule has 6 heteroatoms. The van der Waals surface area contributed by atoms with Crippen LogP contribution in [-0.2, 0) is 6.54 Å². The normalized spacial score (nSPS) is 20.3. The first-order valence-corrected chi connectivity index (χ1v) is 8.03. The number of hydrogen-bond donors (Lipinski definition) is 2. The van der Waals surface area contributed by atoms with Crippen LogP contribution < -0.4 is 10.5 Å². The predicted molar refractivity (Wildman–Crippen MR) is 89.0 cm³/mol. The van der Waals surface area contributed by atoms with Crippen LogP contribution in [0.4, 0.5) is 5.69 Å². The molecule has 1 aromatic heterocycles. The number of piperidine rings is 1. The minimum atomic E-state index is -0.585. The number of rotatable bonds is 5. The van der Waals surface area contributed by atoms with Gasteiger partial charge in [0.15, 0.2) is 0 Å². The Labute approximate surface area is 136 Å². The van der Waals surface area contributed by atoms with Gasteiger partial charge in [-0.05, 0) is 31.9 Å². The number of aliphatic hydroxyl groups excluding tert-OH is 1. The molecule has 2 atom stereocenters. The Hall–Kier alpha value is -2.05. The van der Waals surface area contributed by atoms with Gasteiger partial charge in [0.05, 0.1) is 18.4 Å². The van der Waals surface area contributed by atoms with E-state index < -0.39 is 6.23 Å². The number of ether oxygens (including phenoxy) is 1. The molecule has 0 amide bonds. The zero-order valence-electron chi connectivity index (χ0n) is 13.4. The Morgan fingerprint density at radius 3 is 2.87 bits per heavy atom. The predicted octanol–water partition coefficient (Wildman–Crippen LogP) is 1.64. The lowest BCUT2D eigenvalue weighted by Crippen LogP contribution is -2.48. The van der Waals surface area contributed by atoms with Crippen LogP contribution in [-0.4, -0.2) is 45.2 Å². The fourth-order valence-corrected chi connectivity index (χ4v) is 2.90. The van der Waals surface area contributed by atoms with Gasteiger partial charge in [-0.1, -0.05) is 17.7 Å². The largest absolute Gasteiger partial charge is 0.489 e. The molecule has 1 aliphatic heterocycles. The third kappa shape index (κ3) is 4.24. The molecule has 2 heterocycles. The third-order valence-electron chi connectivity index (χ3n) is 4.16. The average molecular weight is 316 g/mol. The summed E-state index contributed by atoms with van der Waals surface area (Å²) in [5.74, 6) is 0.886. The summed E-state index contributed by atoms with van der Waals surface area (Å²) >= 11 is 0. The molecular weight excluding hydrogens is 292 g/mol. The second kappa shape index (κ2) is 7.02. The van der Waals surface area contributed by atoms with Gasteiger partial charge in [-0.2, -0.15) is 5.10 Å². The summed E-state index contributed by atoms with van der Waals surface area (Å²) in [5, 5.41) is 14.5. The molecular formula is C17H24N4O2. The molecule has 6 nitrogen and oxygen atoms in total. The molecule has 1 aliphatic rings. The standard InChI is InChI=1S/C17H24N4O2/c1-13-4-6-15(7-5-13)23-16-3-2-8-20(11-16)17(22)12-21-10-14(18)9-19-21/h4-7,9-10,16-17,22H,2-3,8,11-12,18H2,1H3. The van der Waals surface area contributed by atoms with Crippen LogP contribution in [0.1, 0.15) is 18.4 Å². The number of aryl methyl sites for hydroxylation is 1. The molecule has 0 spiro atoms. The molecule has 2 aromatic rings. The quantitative estimate of drug-likeness (QED) is 0.877. The molecule has 23 heavy (non-hydrogen) atoms. The van der Waals surface area contributed by atoms with Crippen molar-refractivity contribution in [2.75, 3.05) is 18.8 Å². The van der Waals surface area contributed by atoms with Crippen molar-refractivity contribution in [3.8, 4) is 5.75 Å². The van der Waals surface area contributed by atoms with Gasteiger partial charge in [0.1, 0.15) is 18.1 Å². The Kier molecular flexibility index (Phi) is 4.83. The smallest absolute Gasteiger partial charge is 0.127 e. The Bertz CT molecular complexity index is 626. The fourth-order valence-electron chi connectivity index (χ4n) is 2.90. The van der Waals surface area contributed by atoms with Gasteiger partial charge in [0.2, 0.25) is 0 Å². The van der Waals surface area contributed by atoms with Crippen LogP contribution in [0.25, 0.3) is 0 Å². The highest BCUT2D eigenvalue weighted by Crippen LogP contribution is 2.20. The highest BCUT2D eigenvalue weighted by Gasteiger charge is 2.26. The first-order valence-electron chi connectivity index (χ1n) is 8.03. The number of benzene rings is 1. The van der Waals surface area contributed by atoms with E-state index in [0.29, 0.717) is 18.8 Å². The van der Waals surface area contributed by atoms with E-state index >= 15 is 0 Å². The molecule has 1 aromatic carbocycles. The summed E-state index contributed by atoms with van der Waals surface area (Å²) in [6.07, 6.45) is 4.85.